The Hall–Kier alpha value is -3.62. The fraction of sp³-hybridized carbons (Fsp3) is 0.0588. The molecule has 132 valence electrons. The minimum atomic E-state index is -0.897. The van der Waals surface area contributed by atoms with Crippen LogP contribution in [0.15, 0.2) is 48.8 Å². The van der Waals surface area contributed by atoms with E-state index in [1.165, 1.54) is 0 Å². The molecular weight excluding hydrogens is 344 g/mol. The lowest BCUT2D eigenvalue weighted by molar-refractivity contribution is -0.383. The quantitative estimate of drug-likeness (QED) is 0.517. The van der Waals surface area contributed by atoms with Crippen LogP contribution in [0.5, 0.6) is 0 Å². The third kappa shape index (κ3) is 3.72. The van der Waals surface area contributed by atoms with E-state index in [0.717, 1.165) is 24.0 Å². The number of nitro groups is 1. The molecule has 7 nitrogen and oxygen atoms in total. The number of nitrogens with zero attached hydrogens (tertiary/aromatic N) is 3. The summed E-state index contributed by atoms with van der Waals surface area (Å²) in [6.07, 6.45) is 1.11. The van der Waals surface area contributed by atoms with Crippen molar-refractivity contribution in [3.05, 3.63) is 76.1 Å². The molecule has 0 saturated heterocycles. The van der Waals surface area contributed by atoms with Gasteiger partial charge in [-0.15, -0.1) is 0 Å². The lowest BCUT2D eigenvalue weighted by Crippen LogP contribution is -2.06. The fourth-order valence-corrected chi connectivity index (χ4v) is 2.31. The zero-order valence-electron chi connectivity index (χ0n) is 13.5. The van der Waals surface area contributed by atoms with Gasteiger partial charge in [-0.3, -0.25) is 10.1 Å². The summed E-state index contributed by atoms with van der Waals surface area (Å²) in [4.78, 5) is 18.6. The van der Waals surface area contributed by atoms with Crippen LogP contribution < -0.4 is 10.6 Å². The molecule has 2 aromatic carbocycles. The van der Waals surface area contributed by atoms with Crippen LogP contribution in [0.2, 0.25) is 0 Å². The van der Waals surface area contributed by atoms with E-state index in [0.29, 0.717) is 11.8 Å². The number of nitrogens with one attached hydrogen (secondary N) is 2. The van der Waals surface area contributed by atoms with Gasteiger partial charge in [-0.25, -0.2) is 18.7 Å². The summed E-state index contributed by atoms with van der Waals surface area (Å²) >= 11 is 0. The minimum Gasteiger partial charge on any atom is -0.334 e. The van der Waals surface area contributed by atoms with Crippen LogP contribution in [0.4, 0.5) is 37.5 Å². The van der Waals surface area contributed by atoms with Gasteiger partial charge in [0.25, 0.3) is 0 Å². The molecule has 0 aliphatic carbocycles. The van der Waals surface area contributed by atoms with E-state index in [1.54, 1.807) is 18.2 Å². The van der Waals surface area contributed by atoms with Crippen LogP contribution in [-0.2, 0) is 0 Å². The molecule has 0 fully saturated rings. The van der Waals surface area contributed by atoms with Gasteiger partial charge >= 0.3 is 5.69 Å². The maximum Gasteiger partial charge on any atom is 0.353 e. The lowest BCUT2D eigenvalue weighted by Gasteiger charge is -2.11. The molecule has 26 heavy (non-hydrogen) atoms. The summed E-state index contributed by atoms with van der Waals surface area (Å²) in [5, 5.41) is 16.9. The lowest BCUT2D eigenvalue weighted by atomic mass is 10.2. The molecular formula is C17H13F2N5O2. The molecule has 0 spiro atoms. The second kappa shape index (κ2) is 7.09. The number of rotatable bonds is 5. The van der Waals surface area contributed by atoms with Gasteiger partial charge in [-0.05, 0) is 36.8 Å². The smallest absolute Gasteiger partial charge is 0.334 e. The fourth-order valence-electron chi connectivity index (χ4n) is 2.31. The van der Waals surface area contributed by atoms with Crippen LogP contribution in [0, 0.1) is 28.7 Å². The number of aromatic nitrogens is 2. The van der Waals surface area contributed by atoms with Crippen molar-refractivity contribution < 1.29 is 13.7 Å². The van der Waals surface area contributed by atoms with Crippen molar-refractivity contribution in [2.24, 2.45) is 0 Å². The van der Waals surface area contributed by atoms with E-state index in [9.17, 15) is 18.9 Å². The Morgan fingerprint density at radius 1 is 1.04 bits per heavy atom. The highest BCUT2D eigenvalue weighted by Gasteiger charge is 2.24. The van der Waals surface area contributed by atoms with Crippen LogP contribution in [0.25, 0.3) is 0 Å². The molecule has 3 rings (SSSR count). The topological polar surface area (TPSA) is 93.0 Å². The van der Waals surface area contributed by atoms with Crippen molar-refractivity contribution in [2.75, 3.05) is 10.6 Å². The molecule has 9 heteroatoms. The first-order valence-corrected chi connectivity index (χ1v) is 7.49. The maximum atomic E-state index is 13.8. The van der Waals surface area contributed by atoms with Gasteiger partial charge in [0, 0.05) is 11.8 Å². The van der Waals surface area contributed by atoms with Gasteiger partial charge in [0.2, 0.25) is 11.6 Å². The molecule has 3 aromatic rings. The largest absolute Gasteiger partial charge is 0.353 e. The van der Waals surface area contributed by atoms with Crippen molar-refractivity contribution in [1.29, 1.82) is 0 Å². The van der Waals surface area contributed by atoms with Crippen molar-refractivity contribution in [3.63, 3.8) is 0 Å². The average molecular weight is 357 g/mol. The molecule has 1 aromatic heterocycles. The van der Waals surface area contributed by atoms with E-state index < -0.39 is 22.2 Å². The summed E-state index contributed by atoms with van der Waals surface area (Å²) in [5.41, 5.74) is 0.955. The second-order valence-electron chi connectivity index (χ2n) is 5.42. The summed E-state index contributed by atoms with van der Waals surface area (Å²) in [5.74, 6) is -1.93. The first-order valence-electron chi connectivity index (χ1n) is 7.49. The van der Waals surface area contributed by atoms with E-state index in [-0.39, 0.29) is 17.3 Å². The van der Waals surface area contributed by atoms with E-state index in [4.69, 9.17) is 0 Å². The van der Waals surface area contributed by atoms with Crippen molar-refractivity contribution in [1.82, 2.24) is 9.97 Å². The van der Waals surface area contributed by atoms with Crippen molar-refractivity contribution in [3.8, 4) is 0 Å². The number of benzene rings is 2. The van der Waals surface area contributed by atoms with Crippen LogP contribution >= 0.6 is 0 Å². The predicted octanol–water partition coefficient (Wildman–Crippen LogP) is 4.46. The molecule has 0 radical (unpaired) electrons. The van der Waals surface area contributed by atoms with Crippen molar-refractivity contribution >= 4 is 28.7 Å². The zero-order valence-corrected chi connectivity index (χ0v) is 13.5. The predicted molar refractivity (Wildman–Crippen MR) is 92.8 cm³/mol. The van der Waals surface area contributed by atoms with E-state index in [2.05, 4.69) is 20.6 Å². The molecule has 2 N–H and O–H groups in total. The van der Waals surface area contributed by atoms with Gasteiger partial charge in [0.05, 0.1) is 10.6 Å². The SMILES string of the molecule is Cc1cccc(Nc2ncnc(Nc3ccc(F)cc3F)c2[N+](=O)[O-])c1. The normalized spacial score (nSPS) is 10.4. The summed E-state index contributed by atoms with van der Waals surface area (Å²) in [7, 11) is 0. The van der Waals surface area contributed by atoms with Crippen LogP contribution in [0.1, 0.15) is 5.56 Å². The number of aryl methyl sites for hydroxylation is 1. The first kappa shape index (κ1) is 17.2. The second-order valence-corrected chi connectivity index (χ2v) is 5.42. The van der Waals surface area contributed by atoms with E-state index >= 15 is 0 Å². The van der Waals surface area contributed by atoms with Gasteiger partial charge in [0.15, 0.2) is 0 Å². The maximum absolute atomic E-state index is 13.8. The van der Waals surface area contributed by atoms with Gasteiger partial charge in [-0.1, -0.05) is 12.1 Å². The van der Waals surface area contributed by atoms with Gasteiger partial charge in [-0.2, -0.15) is 0 Å². The van der Waals surface area contributed by atoms with Gasteiger partial charge < -0.3 is 10.6 Å². The highest BCUT2D eigenvalue weighted by Crippen LogP contribution is 2.33. The third-order valence-electron chi connectivity index (χ3n) is 3.47. The average Bonchev–Trinajstić information content (AvgIpc) is 2.57. The van der Waals surface area contributed by atoms with Crippen LogP contribution in [-0.4, -0.2) is 14.9 Å². The summed E-state index contributed by atoms with van der Waals surface area (Å²) in [6, 6.07) is 10.0. The monoisotopic (exact) mass is 357 g/mol. The molecule has 0 amide bonds. The molecule has 0 saturated carbocycles. The number of anilines is 4. The Morgan fingerprint density at radius 3 is 2.42 bits per heavy atom. The zero-order chi connectivity index (χ0) is 18.7. The Kier molecular flexibility index (Phi) is 4.70. The van der Waals surface area contributed by atoms with Crippen molar-refractivity contribution in [2.45, 2.75) is 6.92 Å². The van der Waals surface area contributed by atoms with Crippen LogP contribution in [0.3, 0.4) is 0 Å². The van der Waals surface area contributed by atoms with E-state index in [1.807, 2.05) is 13.0 Å². The Labute approximate surface area is 146 Å². The highest BCUT2D eigenvalue weighted by molar-refractivity contribution is 5.76. The molecule has 0 atom stereocenters. The number of halogens is 2. The minimum absolute atomic E-state index is 0.0550. The molecule has 0 aliphatic rings. The standard InChI is InChI=1S/C17H13F2N5O2/c1-10-3-2-4-12(7-10)22-16-15(24(25)26)17(21-9-20-16)23-14-6-5-11(18)8-13(14)19/h2-9H,1H3,(H2,20,21,22,23). The van der Waals surface area contributed by atoms with Gasteiger partial charge in [0.1, 0.15) is 18.0 Å². The summed E-state index contributed by atoms with van der Waals surface area (Å²) in [6.45, 7) is 1.88. The number of hydrogen-bond donors (Lipinski definition) is 2. The first-order chi connectivity index (χ1) is 12.4. The Balaban J connectivity index is 1.99. The molecule has 0 unspecified atom stereocenters. The third-order valence-corrected chi connectivity index (χ3v) is 3.47. The highest BCUT2D eigenvalue weighted by atomic mass is 19.1. The molecule has 0 bridgehead atoms. The molecule has 0 aliphatic heterocycles. The molecule has 1 heterocycles. The number of hydrogen-bond acceptors (Lipinski definition) is 6. The Bertz CT molecular complexity index is 981. The summed E-state index contributed by atoms with van der Waals surface area (Å²) < 4.78 is 26.9. The Morgan fingerprint density at radius 2 is 1.77 bits per heavy atom.